The van der Waals surface area contributed by atoms with Crippen LogP contribution in [-0.4, -0.2) is 27.8 Å². The van der Waals surface area contributed by atoms with Crippen LogP contribution < -0.4 is 10.6 Å². The van der Waals surface area contributed by atoms with E-state index in [1.54, 1.807) is 0 Å². The van der Waals surface area contributed by atoms with Crippen LogP contribution in [-0.2, 0) is 4.79 Å². The first kappa shape index (κ1) is 20.1. The lowest BCUT2D eigenvalue weighted by Crippen LogP contribution is -2.13. The van der Waals surface area contributed by atoms with E-state index in [1.165, 1.54) is 23.1 Å². The predicted molar refractivity (Wildman–Crippen MR) is 122 cm³/mol. The van der Waals surface area contributed by atoms with Crippen molar-refractivity contribution in [2.45, 2.75) is 11.8 Å². The third-order valence-corrected chi connectivity index (χ3v) is 6.03. The summed E-state index contributed by atoms with van der Waals surface area (Å²) in [5, 5.41) is 16.8. The number of carbonyl (C=O) groups is 2. The van der Waals surface area contributed by atoms with Gasteiger partial charge in [0.25, 0.3) is 5.91 Å². The Kier molecular flexibility index (Phi) is 6.06. The van der Waals surface area contributed by atoms with Crippen LogP contribution in [0.4, 0.5) is 10.8 Å². The Morgan fingerprint density at radius 3 is 2.43 bits per heavy atom. The van der Waals surface area contributed by atoms with Gasteiger partial charge in [-0.3, -0.25) is 14.9 Å². The summed E-state index contributed by atoms with van der Waals surface area (Å²) < 4.78 is 0. The van der Waals surface area contributed by atoms with E-state index in [1.807, 2.05) is 73.7 Å². The van der Waals surface area contributed by atoms with Crippen LogP contribution in [0.3, 0.4) is 0 Å². The molecule has 3 aromatic carbocycles. The smallest absolute Gasteiger partial charge is 0.255 e. The molecule has 0 aliphatic carbocycles. The van der Waals surface area contributed by atoms with Crippen molar-refractivity contribution in [3.63, 3.8) is 0 Å². The monoisotopic (exact) mass is 434 g/mol. The molecular formula is C22H18N4O2S2. The number of aryl methyl sites for hydroxylation is 1. The highest BCUT2D eigenvalue weighted by Crippen LogP contribution is 2.22. The number of rotatable bonds is 6. The van der Waals surface area contributed by atoms with Gasteiger partial charge in [-0.15, -0.1) is 22.0 Å². The van der Waals surface area contributed by atoms with Gasteiger partial charge in [-0.1, -0.05) is 41.7 Å². The van der Waals surface area contributed by atoms with Crippen molar-refractivity contribution < 1.29 is 9.59 Å². The molecule has 0 unspecified atom stereocenters. The topological polar surface area (TPSA) is 84.0 Å². The molecule has 0 aliphatic heterocycles. The number of amides is 2. The summed E-state index contributed by atoms with van der Waals surface area (Å²) in [6.45, 7) is 1.84. The van der Waals surface area contributed by atoms with Crippen molar-refractivity contribution in [1.82, 2.24) is 10.2 Å². The van der Waals surface area contributed by atoms with E-state index in [0.29, 0.717) is 16.4 Å². The molecule has 0 bridgehead atoms. The SMILES string of the molecule is Cc1nnc(NC(=O)CSc2ccc(NC(=O)c3ccc4ccccc4c3)cc2)s1. The molecule has 0 radical (unpaired) electrons. The largest absolute Gasteiger partial charge is 0.322 e. The number of benzene rings is 3. The normalized spacial score (nSPS) is 10.7. The molecule has 0 saturated carbocycles. The Morgan fingerprint density at radius 2 is 1.70 bits per heavy atom. The molecule has 4 aromatic rings. The van der Waals surface area contributed by atoms with Crippen LogP contribution in [0.1, 0.15) is 15.4 Å². The lowest BCUT2D eigenvalue weighted by molar-refractivity contribution is -0.113. The second kappa shape index (κ2) is 9.06. The molecule has 2 amide bonds. The molecule has 30 heavy (non-hydrogen) atoms. The number of aromatic nitrogens is 2. The van der Waals surface area contributed by atoms with Crippen molar-refractivity contribution in [1.29, 1.82) is 0 Å². The van der Waals surface area contributed by atoms with Gasteiger partial charge in [0.2, 0.25) is 11.0 Å². The number of nitrogens with zero attached hydrogens (tertiary/aromatic N) is 2. The Balaban J connectivity index is 1.32. The van der Waals surface area contributed by atoms with Crippen molar-refractivity contribution in [3.05, 3.63) is 77.3 Å². The van der Waals surface area contributed by atoms with E-state index >= 15 is 0 Å². The Morgan fingerprint density at radius 1 is 0.933 bits per heavy atom. The second-order valence-corrected chi connectivity index (χ2v) is 8.73. The highest BCUT2D eigenvalue weighted by molar-refractivity contribution is 8.00. The van der Waals surface area contributed by atoms with Crippen molar-refractivity contribution in [3.8, 4) is 0 Å². The molecule has 2 N–H and O–H groups in total. The maximum atomic E-state index is 12.6. The molecule has 150 valence electrons. The standard InChI is InChI=1S/C22H18N4O2S2/c1-14-25-26-22(30-14)24-20(27)13-29-19-10-8-18(9-11-19)23-21(28)17-7-6-15-4-2-3-5-16(15)12-17/h2-12H,13H2,1H3,(H,23,28)(H,24,26,27). The van der Waals surface area contributed by atoms with E-state index in [0.717, 1.165) is 20.7 Å². The summed E-state index contributed by atoms with van der Waals surface area (Å²) in [7, 11) is 0. The number of fused-ring (bicyclic) bond motifs is 1. The van der Waals surface area contributed by atoms with E-state index in [4.69, 9.17) is 0 Å². The Bertz CT molecular complexity index is 1210. The highest BCUT2D eigenvalue weighted by Gasteiger charge is 2.09. The molecular weight excluding hydrogens is 416 g/mol. The first-order valence-corrected chi connectivity index (χ1v) is 11.0. The van der Waals surface area contributed by atoms with Gasteiger partial charge in [0.1, 0.15) is 5.01 Å². The van der Waals surface area contributed by atoms with Crippen molar-refractivity contribution in [2.24, 2.45) is 0 Å². The number of nitrogens with one attached hydrogen (secondary N) is 2. The zero-order valence-corrected chi connectivity index (χ0v) is 17.7. The zero-order chi connectivity index (χ0) is 20.9. The summed E-state index contributed by atoms with van der Waals surface area (Å²) in [4.78, 5) is 25.5. The second-order valence-electron chi connectivity index (χ2n) is 6.50. The number of anilines is 2. The van der Waals surface area contributed by atoms with E-state index in [-0.39, 0.29) is 17.6 Å². The Hall–Kier alpha value is -3.23. The third kappa shape index (κ3) is 5.03. The highest BCUT2D eigenvalue weighted by atomic mass is 32.2. The van der Waals surface area contributed by atoms with Gasteiger partial charge in [0, 0.05) is 16.1 Å². The molecule has 8 heteroatoms. The molecule has 0 fully saturated rings. The van der Waals surface area contributed by atoms with Crippen LogP contribution in [0.15, 0.2) is 71.6 Å². The molecule has 0 atom stereocenters. The number of hydrogen-bond acceptors (Lipinski definition) is 6. The molecule has 1 aromatic heterocycles. The van der Waals surface area contributed by atoms with Crippen LogP contribution >= 0.6 is 23.1 Å². The fourth-order valence-electron chi connectivity index (χ4n) is 2.82. The lowest BCUT2D eigenvalue weighted by Gasteiger charge is -2.08. The summed E-state index contributed by atoms with van der Waals surface area (Å²) in [6.07, 6.45) is 0. The van der Waals surface area contributed by atoms with Gasteiger partial charge in [0.05, 0.1) is 5.75 Å². The molecule has 6 nitrogen and oxygen atoms in total. The molecule has 0 saturated heterocycles. The van der Waals surface area contributed by atoms with Crippen LogP contribution in [0.5, 0.6) is 0 Å². The van der Waals surface area contributed by atoms with Gasteiger partial charge >= 0.3 is 0 Å². The summed E-state index contributed by atoms with van der Waals surface area (Å²) in [5.41, 5.74) is 1.31. The fraction of sp³-hybridized carbons (Fsp3) is 0.0909. The van der Waals surface area contributed by atoms with Gasteiger partial charge < -0.3 is 5.32 Å². The summed E-state index contributed by atoms with van der Waals surface area (Å²) in [6, 6.07) is 21.0. The maximum Gasteiger partial charge on any atom is 0.255 e. The number of carbonyl (C=O) groups excluding carboxylic acids is 2. The molecule has 0 spiro atoms. The van der Waals surface area contributed by atoms with E-state index in [9.17, 15) is 9.59 Å². The van der Waals surface area contributed by atoms with Crippen molar-refractivity contribution >= 4 is 56.5 Å². The quantitative estimate of drug-likeness (QED) is 0.418. The fourth-order valence-corrected chi connectivity index (χ4v) is 4.13. The summed E-state index contributed by atoms with van der Waals surface area (Å²) >= 11 is 2.75. The Labute approximate surface area is 181 Å². The molecule has 1 heterocycles. The number of hydrogen-bond donors (Lipinski definition) is 2. The summed E-state index contributed by atoms with van der Waals surface area (Å²) in [5.74, 6) is -0.0285. The lowest BCUT2D eigenvalue weighted by atomic mass is 10.1. The first-order valence-electron chi connectivity index (χ1n) is 9.20. The predicted octanol–water partition coefficient (Wildman–Crippen LogP) is 4.98. The number of thioether (sulfide) groups is 1. The van der Waals surface area contributed by atoms with Crippen LogP contribution in [0, 0.1) is 6.92 Å². The van der Waals surface area contributed by atoms with Gasteiger partial charge in [-0.2, -0.15) is 0 Å². The van der Waals surface area contributed by atoms with E-state index < -0.39 is 0 Å². The average Bonchev–Trinajstić information content (AvgIpc) is 3.17. The average molecular weight is 435 g/mol. The van der Waals surface area contributed by atoms with Gasteiger partial charge in [0.15, 0.2) is 0 Å². The first-order chi connectivity index (χ1) is 14.6. The van der Waals surface area contributed by atoms with Gasteiger partial charge in [-0.05, 0) is 54.1 Å². The minimum absolute atomic E-state index is 0.134. The molecule has 0 aliphatic rings. The third-order valence-electron chi connectivity index (χ3n) is 4.27. The molecule has 4 rings (SSSR count). The van der Waals surface area contributed by atoms with Crippen molar-refractivity contribution in [2.75, 3.05) is 16.4 Å². The zero-order valence-electron chi connectivity index (χ0n) is 16.1. The van der Waals surface area contributed by atoms with Gasteiger partial charge in [-0.25, -0.2) is 0 Å². The van der Waals surface area contributed by atoms with Crippen LogP contribution in [0.25, 0.3) is 10.8 Å². The minimum Gasteiger partial charge on any atom is -0.322 e. The van der Waals surface area contributed by atoms with E-state index in [2.05, 4.69) is 20.8 Å². The minimum atomic E-state index is -0.159. The van der Waals surface area contributed by atoms with Crippen LogP contribution in [0.2, 0.25) is 0 Å². The maximum absolute atomic E-state index is 12.6.